The van der Waals surface area contributed by atoms with E-state index >= 15 is 0 Å². The zero-order chi connectivity index (χ0) is 21.7. The van der Waals surface area contributed by atoms with Crippen LogP contribution in [0.1, 0.15) is 27.6 Å². The van der Waals surface area contributed by atoms with Crippen LogP contribution >= 0.6 is 0 Å². The number of halogens is 1. The molecule has 0 spiro atoms. The Balaban J connectivity index is 1.76. The maximum atomic E-state index is 13.0. The Bertz CT molecular complexity index is 1160. The van der Waals surface area contributed by atoms with Crippen molar-refractivity contribution in [1.29, 1.82) is 0 Å². The van der Waals surface area contributed by atoms with Gasteiger partial charge in [-0.05, 0) is 55.5 Å². The van der Waals surface area contributed by atoms with E-state index < -0.39 is 32.7 Å². The van der Waals surface area contributed by atoms with Gasteiger partial charge in [-0.3, -0.25) is 14.6 Å². The van der Waals surface area contributed by atoms with E-state index in [0.717, 1.165) is 18.3 Å². The van der Waals surface area contributed by atoms with Crippen LogP contribution < -0.4 is 10.0 Å². The summed E-state index contributed by atoms with van der Waals surface area (Å²) in [7, 11) is -4.19. The van der Waals surface area contributed by atoms with E-state index in [1.165, 1.54) is 36.4 Å². The number of amides is 1. The molecule has 3 rings (SSSR count). The van der Waals surface area contributed by atoms with Gasteiger partial charge in [0.05, 0.1) is 23.9 Å². The van der Waals surface area contributed by atoms with Crippen LogP contribution in [-0.2, 0) is 14.8 Å². The van der Waals surface area contributed by atoms with Crippen LogP contribution in [-0.4, -0.2) is 37.1 Å². The number of nitrogens with zero attached hydrogens (tertiary/aromatic N) is 1. The normalized spacial score (nSPS) is 11.0. The zero-order valence-corrected chi connectivity index (χ0v) is 16.5. The summed E-state index contributed by atoms with van der Waals surface area (Å²) in [5, 5.41) is 8.01. The molecule has 0 atom stereocenters. The number of benzene rings is 2. The Labute approximate surface area is 171 Å². The van der Waals surface area contributed by atoms with Crippen molar-refractivity contribution in [1.82, 2.24) is 10.2 Å². The van der Waals surface area contributed by atoms with Crippen molar-refractivity contribution in [3.63, 3.8) is 0 Å². The van der Waals surface area contributed by atoms with Crippen LogP contribution in [0.3, 0.4) is 0 Å². The van der Waals surface area contributed by atoms with Gasteiger partial charge in [0.1, 0.15) is 5.82 Å². The van der Waals surface area contributed by atoms with E-state index in [-0.39, 0.29) is 17.9 Å². The molecule has 9 nitrogen and oxygen atoms in total. The average Bonchev–Trinajstić information content (AvgIpc) is 3.21. The van der Waals surface area contributed by atoms with Crippen molar-refractivity contribution in [2.75, 3.05) is 16.6 Å². The lowest BCUT2D eigenvalue weighted by Gasteiger charge is -2.09. The molecule has 3 aromatic rings. The topological polar surface area (TPSA) is 130 Å². The number of hydrogen-bond acceptors (Lipinski definition) is 6. The second-order valence-electron chi connectivity index (χ2n) is 5.98. The van der Waals surface area contributed by atoms with E-state index in [0.29, 0.717) is 11.3 Å². The molecule has 0 aliphatic heterocycles. The average molecular weight is 432 g/mol. The van der Waals surface area contributed by atoms with Gasteiger partial charge in [0.2, 0.25) is 0 Å². The van der Waals surface area contributed by atoms with Crippen molar-refractivity contribution in [2.24, 2.45) is 0 Å². The molecule has 11 heteroatoms. The highest BCUT2D eigenvalue weighted by atomic mass is 32.2. The molecule has 0 saturated carbocycles. The third-order valence-electron chi connectivity index (χ3n) is 3.87. The lowest BCUT2D eigenvalue weighted by molar-refractivity contribution is 0.0526. The van der Waals surface area contributed by atoms with Gasteiger partial charge in [-0.2, -0.15) is 13.5 Å². The number of carbonyl (C=O) groups excluding carboxylic acids is 2. The smallest absolute Gasteiger partial charge is 0.338 e. The van der Waals surface area contributed by atoms with Crippen LogP contribution in [0, 0.1) is 5.82 Å². The van der Waals surface area contributed by atoms with Gasteiger partial charge in [0.25, 0.3) is 15.9 Å². The van der Waals surface area contributed by atoms with E-state index in [1.54, 1.807) is 6.92 Å². The Kier molecular flexibility index (Phi) is 6.11. The van der Waals surface area contributed by atoms with Crippen LogP contribution in [0.25, 0.3) is 0 Å². The molecule has 30 heavy (non-hydrogen) atoms. The third-order valence-corrected chi connectivity index (χ3v) is 5.22. The minimum absolute atomic E-state index is 0.118. The number of hydrogen-bond donors (Lipinski definition) is 3. The molecule has 0 saturated heterocycles. The predicted molar refractivity (Wildman–Crippen MR) is 106 cm³/mol. The van der Waals surface area contributed by atoms with E-state index in [4.69, 9.17) is 4.74 Å². The molecule has 156 valence electrons. The fourth-order valence-corrected chi connectivity index (χ4v) is 3.62. The van der Waals surface area contributed by atoms with Gasteiger partial charge in [0, 0.05) is 11.4 Å². The largest absolute Gasteiger partial charge is 0.462 e. The number of nitrogens with one attached hydrogen (secondary N) is 3. The first-order valence-electron chi connectivity index (χ1n) is 8.70. The van der Waals surface area contributed by atoms with Crippen LogP contribution in [0.5, 0.6) is 0 Å². The Hall–Kier alpha value is -3.73. The second-order valence-corrected chi connectivity index (χ2v) is 7.60. The summed E-state index contributed by atoms with van der Waals surface area (Å²) in [5.74, 6) is -1.74. The van der Waals surface area contributed by atoms with Gasteiger partial charge in [-0.15, -0.1) is 0 Å². The number of anilines is 2. The summed E-state index contributed by atoms with van der Waals surface area (Å²) in [6.45, 7) is 1.93. The number of ether oxygens (including phenoxy) is 1. The molecule has 0 fully saturated rings. The third kappa shape index (κ3) is 4.81. The maximum Gasteiger partial charge on any atom is 0.338 e. The monoisotopic (exact) mass is 432 g/mol. The summed E-state index contributed by atoms with van der Waals surface area (Å²) < 4.78 is 45.3. The van der Waals surface area contributed by atoms with Gasteiger partial charge < -0.3 is 10.1 Å². The molecular weight excluding hydrogens is 415 g/mol. The number of H-pyrrole nitrogens is 1. The molecule has 2 aromatic carbocycles. The first-order valence-corrected chi connectivity index (χ1v) is 10.2. The standard InChI is InChI=1S/C19H17FN4O5S/c1-2-29-19(26)12-3-7-14(8-4-12)22-17(25)16-11-21-23-18(16)30(27,28)24-15-9-5-13(20)6-10-15/h3-11,24H,2H2,1H3,(H,21,23)(H,22,25). The molecule has 0 unspecified atom stereocenters. The number of esters is 1. The highest BCUT2D eigenvalue weighted by Gasteiger charge is 2.25. The fourth-order valence-electron chi connectivity index (χ4n) is 2.47. The molecule has 1 aromatic heterocycles. The molecule has 0 aliphatic rings. The maximum absolute atomic E-state index is 13.0. The molecule has 0 aliphatic carbocycles. The van der Waals surface area contributed by atoms with Crippen molar-refractivity contribution >= 4 is 33.3 Å². The highest BCUT2D eigenvalue weighted by molar-refractivity contribution is 7.92. The number of sulfonamides is 1. The van der Waals surface area contributed by atoms with Crippen molar-refractivity contribution in [3.8, 4) is 0 Å². The van der Waals surface area contributed by atoms with Gasteiger partial charge in [0.15, 0.2) is 5.03 Å². The summed E-state index contributed by atoms with van der Waals surface area (Å²) in [5.41, 5.74) is 0.542. The first kappa shape index (κ1) is 21.0. The van der Waals surface area contributed by atoms with E-state index in [1.807, 2.05) is 0 Å². The lowest BCUT2D eigenvalue weighted by Crippen LogP contribution is -2.19. The molecule has 1 heterocycles. The summed E-state index contributed by atoms with van der Waals surface area (Å²) in [6.07, 6.45) is 1.07. The van der Waals surface area contributed by atoms with Crippen LogP contribution in [0.2, 0.25) is 0 Å². The highest BCUT2D eigenvalue weighted by Crippen LogP contribution is 2.19. The van der Waals surface area contributed by atoms with Gasteiger partial charge in [-0.1, -0.05) is 0 Å². The minimum atomic E-state index is -4.19. The van der Waals surface area contributed by atoms with Crippen LogP contribution in [0.15, 0.2) is 59.8 Å². The van der Waals surface area contributed by atoms with Gasteiger partial charge in [-0.25, -0.2) is 9.18 Å². The Morgan fingerprint density at radius 1 is 1.07 bits per heavy atom. The Morgan fingerprint density at radius 2 is 1.70 bits per heavy atom. The summed E-state index contributed by atoms with van der Waals surface area (Å²) in [6, 6.07) is 10.6. The zero-order valence-electron chi connectivity index (χ0n) is 15.7. The van der Waals surface area contributed by atoms with Crippen molar-refractivity contribution in [2.45, 2.75) is 11.9 Å². The van der Waals surface area contributed by atoms with Crippen molar-refractivity contribution in [3.05, 3.63) is 71.7 Å². The SMILES string of the molecule is CCOC(=O)c1ccc(NC(=O)c2cn[nH]c2S(=O)(=O)Nc2ccc(F)cc2)cc1. The molecule has 0 bridgehead atoms. The van der Waals surface area contributed by atoms with Crippen LogP contribution in [0.4, 0.5) is 15.8 Å². The lowest BCUT2D eigenvalue weighted by atomic mass is 10.2. The number of aromatic amines is 1. The minimum Gasteiger partial charge on any atom is -0.462 e. The van der Waals surface area contributed by atoms with Crippen molar-refractivity contribution < 1.29 is 27.1 Å². The molecular formula is C19H17FN4O5S. The Morgan fingerprint density at radius 3 is 2.33 bits per heavy atom. The summed E-state index contributed by atoms with van der Waals surface area (Å²) >= 11 is 0. The summed E-state index contributed by atoms with van der Waals surface area (Å²) in [4.78, 5) is 24.2. The first-order chi connectivity index (χ1) is 14.3. The van der Waals surface area contributed by atoms with E-state index in [9.17, 15) is 22.4 Å². The molecule has 0 radical (unpaired) electrons. The quantitative estimate of drug-likeness (QED) is 0.492. The molecule has 1 amide bonds. The second kappa shape index (κ2) is 8.74. The number of carbonyl (C=O) groups is 2. The fraction of sp³-hybridized carbons (Fsp3) is 0.105. The number of aromatic nitrogens is 2. The molecule has 3 N–H and O–H groups in total. The predicted octanol–water partition coefficient (Wildman–Crippen LogP) is 2.78. The van der Waals surface area contributed by atoms with E-state index in [2.05, 4.69) is 20.2 Å². The number of rotatable bonds is 7. The van der Waals surface area contributed by atoms with Gasteiger partial charge >= 0.3 is 5.97 Å².